The molecule has 0 amide bonds. The summed E-state index contributed by atoms with van der Waals surface area (Å²) >= 11 is 0. The molecule has 0 aromatic rings. The fourth-order valence-electron chi connectivity index (χ4n) is 0.488. The summed E-state index contributed by atoms with van der Waals surface area (Å²) in [6, 6.07) is 0. The van der Waals surface area contributed by atoms with Crippen LogP contribution in [0.3, 0.4) is 0 Å². The van der Waals surface area contributed by atoms with Crippen molar-refractivity contribution in [2.24, 2.45) is 5.92 Å². The van der Waals surface area contributed by atoms with Gasteiger partial charge in [-0.1, -0.05) is 33.1 Å². The molecule has 0 saturated carbocycles. The molecule has 0 aliphatic heterocycles. The molecule has 1 N–H and O–H groups in total. The van der Waals surface area contributed by atoms with Crippen LogP contribution in [0.5, 0.6) is 0 Å². The highest BCUT2D eigenvalue weighted by Crippen LogP contribution is 1.96. The summed E-state index contributed by atoms with van der Waals surface area (Å²) < 4.78 is 0. The van der Waals surface area contributed by atoms with E-state index in [0.29, 0.717) is 5.92 Å². The summed E-state index contributed by atoms with van der Waals surface area (Å²) in [6.45, 7) is 11.5. The molecule has 10 heavy (non-hydrogen) atoms. The molecule has 0 spiro atoms. The summed E-state index contributed by atoms with van der Waals surface area (Å²) in [5, 5.41) is 2.88. The lowest BCUT2D eigenvalue weighted by atomic mass is 10.2. The zero-order chi connectivity index (χ0) is 7.98. The molecule has 0 saturated heterocycles. The van der Waals surface area contributed by atoms with Crippen molar-refractivity contribution >= 4 is 0 Å². The molecule has 0 rings (SSSR count). The zero-order valence-corrected chi connectivity index (χ0v) is 6.72. The highest BCUT2D eigenvalue weighted by atomic mass is 14.8. The molecule has 0 fully saturated rings. The third-order valence-corrected chi connectivity index (χ3v) is 0.970. The number of hydrogen-bond acceptors (Lipinski definition) is 1. The molecule has 1 heteroatoms. The van der Waals surface area contributed by atoms with Crippen molar-refractivity contribution in [2.75, 3.05) is 0 Å². The molecule has 0 aliphatic carbocycles. The van der Waals surface area contributed by atoms with E-state index in [9.17, 15) is 0 Å². The van der Waals surface area contributed by atoms with Crippen molar-refractivity contribution < 1.29 is 0 Å². The topological polar surface area (TPSA) is 12.0 Å². The van der Waals surface area contributed by atoms with Gasteiger partial charge in [-0.15, -0.1) is 0 Å². The number of hydrogen-bond donors (Lipinski definition) is 1. The second-order valence-corrected chi connectivity index (χ2v) is 2.48. The van der Waals surface area contributed by atoms with Gasteiger partial charge in [-0.05, 0) is 18.2 Å². The third kappa shape index (κ3) is 5.16. The fourth-order valence-corrected chi connectivity index (χ4v) is 0.488. The molecule has 0 heterocycles. The van der Waals surface area contributed by atoms with E-state index in [4.69, 9.17) is 0 Å². The van der Waals surface area contributed by atoms with Crippen LogP contribution in [-0.4, -0.2) is 0 Å². The number of allylic oxidation sites excluding steroid dienone is 2. The lowest BCUT2D eigenvalue weighted by Gasteiger charge is -1.97. The van der Waals surface area contributed by atoms with E-state index in [1.54, 1.807) is 6.20 Å². The Balaban J connectivity index is 3.66. The average molecular weight is 137 g/mol. The number of nitrogens with one attached hydrogen (secondary N) is 1. The van der Waals surface area contributed by atoms with E-state index >= 15 is 0 Å². The van der Waals surface area contributed by atoms with E-state index in [2.05, 4.69) is 38.4 Å². The quantitative estimate of drug-likeness (QED) is 0.587. The first-order valence-electron chi connectivity index (χ1n) is 3.41. The van der Waals surface area contributed by atoms with Gasteiger partial charge in [0, 0.05) is 5.70 Å². The van der Waals surface area contributed by atoms with Gasteiger partial charge in [0.1, 0.15) is 0 Å². The van der Waals surface area contributed by atoms with Crippen LogP contribution < -0.4 is 5.32 Å². The molecule has 0 aliphatic rings. The second-order valence-electron chi connectivity index (χ2n) is 2.48. The molecule has 0 aromatic heterocycles. The molecule has 0 bridgehead atoms. The summed E-state index contributed by atoms with van der Waals surface area (Å²) in [6.07, 6.45) is 5.65. The molecule has 0 radical (unpaired) electrons. The SMILES string of the molecule is C=CNC(=C)/C=C\C(C)C. The molecule has 0 aromatic carbocycles. The van der Waals surface area contributed by atoms with Crippen molar-refractivity contribution in [1.82, 2.24) is 5.32 Å². The predicted molar refractivity (Wildman–Crippen MR) is 46.5 cm³/mol. The summed E-state index contributed by atoms with van der Waals surface area (Å²) in [4.78, 5) is 0. The van der Waals surface area contributed by atoms with Gasteiger partial charge in [0.2, 0.25) is 0 Å². The summed E-state index contributed by atoms with van der Waals surface area (Å²) in [5.74, 6) is 0.573. The van der Waals surface area contributed by atoms with Crippen molar-refractivity contribution in [1.29, 1.82) is 0 Å². The molecule has 1 nitrogen and oxygen atoms in total. The van der Waals surface area contributed by atoms with Crippen LogP contribution in [0.2, 0.25) is 0 Å². The van der Waals surface area contributed by atoms with E-state index in [-0.39, 0.29) is 0 Å². The molecule has 0 unspecified atom stereocenters. The van der Waals surface area contributed by atoms with E-state index in [1.165, 1.54) is 0 Å². The largest absolute Gasteiger partial charge is 0.363 e. The minimum Gasteiger partial charge on any atom is -0.363 e. The smallest absolute Gasteiger partial charge is 0.0303 e. The van der Waals surface area contributed by atoms with Crippen LogP contribution in [0, 0.1) is 5.92 Å². The van der Waals surface area contributed by atoms with Crippen LogP contribution in [0.4, 0.5) is 0 Å². The van der Waals surface area contributed by atoms with Gasteiger partial charge in [-0.25, -0.2) is 0 Å². The summed E-state index contributed by atoms with van der Waals surface area (Å²) in [5.41, 5.74) is 0.878. The zero-order valence-electron chi connectivity index (χ0n) is 6.72. The van der Waals surface area contributed by atoms with Gasteiger partial charge in [0.05, 0.1) is 0 Å². The van der Waals surface area contributed by atoms with E-state index < -0.39 is 0 Å². The Hall–Kier alpha value is -0.980. The Morgan fingerprint density at radius 1 is 1.50 bits per heavy atom. The van der Waals surface area contributed by atoms with Crippen molar-refractivity contribution in [3.8, 4) is 0 Å². The van der Waals surface area contributed by atoms with Crippen LogP contribution in [-0.2, 0) is 0 Å². The average Bonchev–Trinajstić information content (AvgIpc) is 1.85. The minimum absolute atomic E-state index is 0.573. The van der Waals surface area contributed by atoms with Gasteiger partial charge in [0.25, 0.3) is 0 Å². The first-order chi connectivity index (χ1) is 4.66. The van der Waals surface area contributed by atoms with Gasteiger partial charge in [-0.3, -0.25) is 0 Å². The Morgan fingerprint density at radius 3 is 2.50 bits per heavy atom. The lowest BCUT2D eigenvalue weighted by molar-refractivity contribution is 0.829. The van der Waals surface area contributed by atoms with Gasteiger partial charge in [0.15, 0.2) is 0 Å². The minimum atomic E-state index is 0.573. The van der Waals surface area contributed by atoms with E-state index in [1.807, 2.05) is 6.08 Å². The Morgan fingerprint density at radius 2 is 2.10 bits per heavy atom. The Labute approximate surface area is 63.1 Å². The third-order valence-electron chi connectivity index (χ3n) is 0.970. The maximum atomic E-state index is 3.75. The second kappa shape index (κ2) is 4.86. The number of rotatable bonds is 4. The van der Waals surface area contributed by atoms with E-state index in [0.717, 1.165) is 5.70 Å². The maximum absolute atomic E-state index is 3.75. The monoisotopic (exact) mass is 137 g/mol. The van der Waals surface area contributed by atoms with Crippen LogP contribution >= 0.6 is 0 Å². The molecular formula is C9H15N. The van der Waals surface area contributed by atoms with Gasteiger partial charge in [-0.2, -0.15) is 0 Å². The standard InChI is InChI=1S/C9H15N/c1-5-10-9(4)7-6-8(2)3/h5-8,10H,1,4H2,2-3H3/b7-6-. The fraction of sp³-hybridized carbons (Fsp3) is 0.333. The highest BCUT2D eigenvalue weighted by molar-refractivity contribution is 5.14. The highest BCUT2D eigenvalue weighted by Gasteiger charge is 1.84. The molecule has 56 valence electrons. The molecular weight excluding hydrogens is 122 g/mol. The summed E-state index contributed by atoms with van der Waals surface area (Å²) in [7, 11) is 0. The Bertz CT molecular complexity index is 143. The van der Waals surface area contributed by atoms with Crippen LogP contribution in [0.1, 0.15) is 13.8 Å². The van der Waals surface area contributed by atoms with Crippen molar-refractivity contribution in [3.05, 3.63) is 37.2 Å². The van der Waals surface area contributed by atoms with Crippen LogP contribution in [0.25, 0.3) is 0 Å². The lowest BCUT2D eigenvalue weighted by Crippen LogP contribution is -1.99. The Kier molecular flexibility index (Phi) is 4.38. The normalized spacial score (nSPS) is 10.3. The maximum Gasteiger partial charge on any atom is 0.0303 e. The first-order valence-corrected chi connectivity index (χ1v) is 3.41. The van der Waals surface area contributed by atoms with Crippen LogP contribution in [0.15, 0.2) is 37.2 Å². The van der Waals surface area contributed by atoms with Crippen molar-refractivity contribution in [3.63, 3.8) is 0 Å². The predicted octanol–water partition coefficient (Wildman–Crippen LogP) is 2.45. The van der Waals surface area contributed by atoms with Gasteiger partial charge >= 0.3 is 0 Å². The van der Waals surface area contributed by atoms with Crippen molar-refractivity contribution in [2.45, 2.75) is 13.8 Å². The van der Waals surface area contributed by atoms with Gasteiger partial charge < -0.3 is 5.32 Å². The first kappa shape index (κ1) is 9.02. The molecule has 0 atom stereocenters.